The van der Waals surface area contributed by atoms with E-state index in [4.69, 9.17) is 5.11 Å². The molecule has 0 spiro atoms. The van der Waals surface area contributed by atoms with E-state index in [1.54, 1.807) is 24.4 Å². The molecule has 0 aliphatic rings. The second kappa shape index (κ2) is 6.66. The van der Waals surface area contributed by atoms with Gasteiger partial charge in [0.2, 0.25) is 0 Å². The summed E-state index contributed by atoms with van der Waals surface area (Å²) in [4.78, 5) is 15.9. The van der Waals surface area contributed by atoms with E-state index in [-0.39, 0.29) is 12.5 Å². The number of anilines is 1. The summed E-state index contributed by atoms with van der Waals surface area (Å²) in [6.45, 7) is 0.171. The third-order valence-electron chi connectivity index (χ3n) is 2.71. The van der Waals surface area contributed by atoms with Gasteiger partial charge in [-0.3, -0.25) is 9.78 Å². The van der Waals surface area contributed by atoms with Crippen molar-refractivity contribution < 1.29 is 9.90 Å². The molecular weight excluding hydrogens is 240 g/mol. The zero-order chi connectivity index (χ0) is 13.5. The van der Waals surface area contributed by atoms with Crippen LogP contribution in [0.1, 0.15) is 22.5 Å². The Balaban J connectivity index is 2.05. The van der Waals surface area contributed by atoms with Gasteiger partial charge in [0.15, 0.2) is 0 Å². The zero-order valence-electron chi connectivity index (χ0n) is 10.5. The molecule has 0 saturated carbocycles. The molecule has 2 N–H and O–H groups in total. The number of pyridine rings is 1. The molecule has 0 unspecified atom stereocenters. The maximum atomic E-state index is 11.9. The fourth-order valence-corrected chi connectivity index (χ4v) is 1.78. The normalized spacial score (nSPS) is 10.2. The number of nitrogens with zero attached hydrogens (tertiary/aromatic N) is 1. The lowest BCUT2D eigenvalue weighted by atomic mass is 10.1. The van der Waals surface area contributed by atoms with E-state index >= 15 is 0 Å². The molecule has 0 saturated heterocycles. The molecule has 2 aromatic rings. The number of carbonyl (C=O) groups excluding carboxylic acids is 1. The SMILES string of the molecule is O=C(Nc1cccc(CCCO)c1)c1ccccn1. The van der Waals surface area contributed by atoms with Crippen LogP contribution in [-0.2, 0) is 6.42 Å². The lowest BCUT2D eigenvalue weighted by molar-refractivity contribution is 0.102. The largest absolute Gasteiger partial charge is 0.396 e. The number of amides is 1. The van der Waals surface area contributed by atoms with E-state index in [2.05, 4.69) is 10.3 Å². The van der Waals surface area contributed by atoms with E-state index in [0.717, 1.165) is 24.1 Å². The quantitative estimate of drug-likeness (QED) is 0.862. The molecule has 1 aromatic carbocycles. The molecule has 4 heteroatoms. The first-order chi connectivity index (χ1) is 9.29. The van der Waals surface area contributed by atoms with Crippen molar-refractivity contribution in [2.45, 2.75) is 12.8 Å². The van der Waals surface area contributed by atoms with Gasteiger partial charge in [0.05, 0.1) is 0 Å². The highest BCUT2D eigenvalue weighted by Crippen LogP contribution is 2.13. The van der Waals surface area contributed by atoms with E-state index in [0.29, 0.717) is 5.69 Å². The molecule has 0 radical (unpaired) electrons. The summed E-state index contributed by atoms with van der Waals surface area (Å²) < 4.78 is 0. The van der Waals surface area contributed by atoms with Crippen molar-refractivity contribution in [3.05, 3.63) is 59.9 Å². The van der Waals surface area contributed by atoms with Crippen LogP contribution in [0.4, 0.5) is 5.69 Å². The second-order valence-electron chi connectivity index (χ2n) is 4.20. The number of aliphatic hydroxyl groups is 1. The van der Waals surface area contributed by atoms with Crippen molar-refractivity contribution in [3.63, 3.8) is 0 Å². The van der Waals surface area contributed by atoms with Crippen LogP contribution in [0.3, 0.4) is 0 Å². The molecular formula is C15H16N2O2. The first-order valence-corrected chi connectivity index (χ1v) is 6.22. The Morgan fingerprint density at radius 1 is 1.21 bits per heavy atom. The van der Waals surface area contributed by atoms with E-state index in [1.165, 1.54) is 0 Å². The van der Waals surface area contributed by atoms with Crippen LogP contribution in [-0.4, -0.2) is 22.6 Å². The predicted octanol–water partition coefficient (Wildman–Crippen LogP) is 2.26. The van der Waals surface area contributed by atoms with Crippen LogP contribution in [0.2, 0.25) is 0 Å². The standard InChI is InChI=1S/C15H16N2O2/c18-10-4-6-12-5-3-7-13(11-12)17-15(19)14-8-1-2-9-16-14/h1-3,5,7-9,11,18H,4,6,10H2,(H,17,19). The van der Waals surface area contributed by atoms with Gasteiger partial charge in [-0.1, -0.05) is 18.2 Å². The maximum absolute atomic E-state index is 11.9. The third-order valence-corrected chi connectivity index (χ3v) is 2.71. The van der Waals surface area contributed by atoms with Crippen molar-refractivity contribution in [1.82, 2.24) is 4.98 Å². The van der Waals surface area contributed by atoms with Crippen LogP contribution in [0.5, 0.6) is 0 Å². The summed E-state index contributed by atoms with van der Waals surface area (Å²) in [5, 5.41) is 11.6. The van der Waals surface area contributed by atoms with Crippen LogP contribution in [0, 0.1) is 0 Å². The summed E-state index contributed by atoms with van der Waals surface area (Å²) >= 11 is 0. The average molecular weight is 256 g/mol. The Bertz CT molecular complexity index is 541. The van der Waals surface area contributed by atoms with Gasteiger partial charge in [0.25, 0.3) is 5.91 Å². The van der Waals surface area contributed by atoms with E-state index in [9.17, 15) is 4.79 Å². The Labute approximate surface area is 112 Å². The molecule has 0 fully saturated rings. The smallest absolute Gasteiger partial charge is 0.274 e. The highest BCUT2D eigenvalue weighted by Gasteiger charge is 2.06. The molecule has 1 aromatic heterocycles. The molecule has 1 heterocycles. The maximum Gasteiger partial charge on any atom is 0.274 e. The molecule has 1 amide bonds. The molecule has 0 bridgehead atoms. The fourth-order valence-electron chi connectivity index (χ4n) is 1.78. The summed E-state index contributed by atoms with van der Waals surface area (Å²) in [6, 6.07) is 12.8. The van der Waals surface area contributed by atoms with Gasteiger partial charge in [-0.2, -0.15) is 0 Å². The van der Waals surface area contributed by atoms with Crippen LogP contribution in [0.25, 0.3) is 0 Å². The monoisotopic (exact) mass is 256 g/mol. The van der Waals surface area contributed by atoms with Crippen LogP contribution in [0.15, 0.2) is 48.7 Å². The highest BCUT2D eigenvalue weighted by molar-refractivity contribution is 6.02. The van der Waals surface area contributed by atoms with Gasteiger partial charge in [0, 0.05) is 18.5 Å². The van der Waals surface area contributed by atoms with Gasteiger partial charge in [-0.25, -0.2) is 0 Å². The van der Waals surface area contributed by atoms with Gasteiger partial charge in [0.1, 0.15) is 5.69 Å². The predicted molar refractivity (Wildman–Crippen MR) is 74.0 cm³/mol. The first-order valence-electron chi connectivity index (χ1n) is 6.22. The summed E-state index contributed by atoms with van der Waals surface area (Å²) in [5.41, 5.74) is 2.22. The van der Waals surface area contributed by atoms with Gasteiger partial charge in [-0.15, -0.1) is 0 Å². The number of benzene rings is 1. The second-order valence-corrected chi connectivity index (χ2v) is 4.20. The third kappa shape index (κ3) is 3.89. The molecule has 98 valence electrons. The number of nitrogens with one attached hydrogen (secondary N) is 1. The van der Waals surface area contributed by atoms with Gasteiger partial charge >= 0.3 is 0 Å². The topological polar surface area (TPSA) is 62.2 Å². The molecule has 4 nitrogen and oxygen atoms in total. The molecule has 0 aliphatic heterocycles. The van der Waals surface area contributed by atoms with Crippen molar-refractivity contribution in [2.24, 2.45) is 0 Å². The van der Waals surface area contributed by atoms with E-state index < -0.39 is 0 Å². The number of aliphatic hydroxyl groups excluding tert-OH is 1. The van der Waals surface area contributed by atoms with Crippen molar-refractivity contribution >= 4 is 11.6 Å². The zero-order valence-corrected chi connectivity index (χ0v) is 10.5. The minimum absolute atomic E-state index is 0.171. The molecule has 19 heavy (non-hydrogen) atoms. The minimum atomic E-state index is -0.222. The number of hydrogen-bond acceptors (Lipinski definition) is 3. The summed E-state index contributed by atoms with van der Waals surface area (Å²) in [6.07, 6.45) is 3.11. The van der Waals surface area contributed by atoms with Crippen molar-refractivity contribution in [3.8, 4) is 0 Å². The Morgan fingerprint density at radius 3 is 2.84 bits per heavy atom. The van der Waals surface area contributed by atoms with Crippen molar-refractivity contribution in [1.29, 1.82) is 0 Å². The molecule has 0 aliphatic carbocycles. The lowest BCUT2D eigenvalue weighted by Gasteiger charge is -2.06. The van der Waals surface area contributed by atoms with E-state index in [1.807, 2.05) is 24.3 Å². The van der Waals surface area contributed by atoms with Crippen LogP contribution < -0.4 is 5.32 Å². The number of carbonyl (C=O) groups is 1. The minimum Gasteiger partial charge on any atom is -0.396 e. The average Bonchev–Trinajstić information content (AvgIpc) is 2.46. The lowest BCUT2D eigenvalue weighted by Crippen LogP contribution is -2.13. The number of rotatable bonds is 5. The van der Waals surface area contributed by atoms with Crippen molar-refractivity contribution in [2.75, 3.05) is 11.9 Å². The first kappa shape index (κ1) is 13.2. The Kier molecular flexibility index (Phi) is 4.64. The van der Waals surface area contributed by atoms with Gasteiger partial charge in [-0.05, 0) is 42.7 Å². The summed E-state index contributed by atoms with van der Waals surface area (Å²) in [5.74, 6) is -0.222. The Morgan fingerprint density at radius 2 is 2.11 bits per heavy atom. The molecule has 0 atom stereocenters. The van der Waals surface area contributed by atoms with Gasteiger partial charge < -0.3 is 10.4 Å². The Hall–Kier alpha value is -2.20. The van der Waals surface area contributed by atoms with Crippen LogP contribution >= 0.6 is 0 Å². The fraction of sp³-hybridized carbons (Fsp3) is 0.200. The molecule has 2 rings (SSSR count). The summed E-state index contributed by atoms with van der Waals surface area (Å²) in [7, 11) is 0. The number of aryl methyl sites for hydroxylation is 1. The number of hydrogen-bond donors (Lipinski definition) is 2. The number of aromatic nitrogens is 1. The highest BCUT2D eigenvalue weighted by atomic mass is 16.2.